The monoisotopic (exact) mass is 196 g/mol. The molecule has 14 heavy (non-hydrogen) atoms. The molecule has 1 saturated heterocycles. The minimum absolute atomic E-state index is 0.736. The van der Waals surface area contributed by atoms with Crippen LogP contribution in [0.3, 0.4) is 0 Å². The minimum Gasteiger partial charge on any atom is -0.317 e. The Morgan fingerprint density at radius 3 is 2.14 bits per heavy atom. The van der Waals surface area contributed by atoms with Gasteiger partial charge in [-0.1, -0.05) is 0 Å². The van der Waals surface area contributed by atoms with Gasteiger partial charge in [-0.05, 0) is 71.1 Å². The topological polar surface area (TPSA) is 15.3 Å². The predicted molar refractivity (Wildman–Crippen MR) is 60.5 cm³/mol. The molecule has 0 atom stereocenters. The molecule has 2 aliphatic rings. The third-order valence-electron chi connectivity index (χ3n) is 4.50. The Morgan fingerprint density at radius 1 is 1.07 bits per heavy atom. The van der Waals surface area contributed by atoms with Crippen LogP contribution in [0.4, 0.5) is 0 Å². The van der Waals surface area contributed by atoms with E-state index in [-0.39, 0.29) is 0 Å². The van der Waals surface area contributed by atoms with Gasteiger partial charge >= 0.3 is 0 Å². The maximum Gasteiger partial charge on any atom is 0.00644 e. The maximum atomic E-state index is 3.42. The van der Waals surface area contributed by atoms with Crippen LogP contribution in [0, 0.1) is 5.41 Å². The second kappa shape index (κ2) is 4.19. The summed E-state index contributed by atoms with van der Waals surface area (Å²) in [6, 6.07) is 0.806. The highest BCUT2D eigenvalue weighted by Gasteiger charge is 2.36. The van der Waals surface area contributed by atoms with Gasteiger partial charge in [-0.2, -0.15) is 0 Å². The van der Waals surface area contributed by atoms with Crippen LogP contribution >= 0.6 is 0 Å². The molecule has 0 bridgehead atoms. The highest BCUT2D eigenvalue weighted by molar-refractivity contribution is 4.91. The van der Waals surface area contributed by atoms with E-state index in [2.05, 4.69) is 24.3 Å². The summed E-state index contributed by atoms with van der Waals surface area (Å²) in [6.45, 7) is 2.65. The molecule has 1 aliphatic carbocycles. The van der Waals surface area contributed by atoms with E-state index >= 15 is 0 Å². The van der Waals surface area contributed by atoms with Gasteiger partial charge in [-0.15, -0.1) is 0 Å². The molecule has 2 fully saturated rings. The fourth-order valence-corrected chi connectivity index (χ4v) is 3.11. The average Bonchev–Trinajstić information content (AvgIpc) is 2.24. The van der Waals surface area contributed by atoms with Gasteiger partial charge < -0.3 is 10.2 Å². The summed E-state index contributed by atoms with van der Waals surface area (Å²) in [5.74, 6) is 0. The second-order valence-corrected chi connectivity index (χ2v) is 5.37. The van der Waals surface area contributed by atoms with E-state index < -0.39 is 0 Å². The van der Waals surface area contributed by atoms with Crippen LogP contribution in [0.25, 0.3) is 0 Å². The molecule has 1 N–H and O–H groups in total. The fourth-order valence-electron chi connectivity index (χ4n) is 3.11. The van der Waals surface area contributed by atoms with Crippen LogP contribution in [0.5, 0.6) is 0 Å². The first kappa shape index (κ1) is 10.4. The first-order chi connectivity index (χ1) is 6.74. The van der Waals surface area contributed by atoms with Crippen LogP contribution in [-0.4, -0.2) is 38.1 Å². The molecule has 1 aliphatic heterocycles. The Balaban J connectivity index is 1.86. The summed E-state index contributed by atoms with van der Waals surface area (Å²) < 4.78 is 0. The highest BCUT2D eigenvalue weighted by atomic mass is 15.1. The highest BCUT2D eigenvalue weighted by Crippen LogP contribution is 2.44. The van der Waals surface area contributed by atoms with Gasteiger partial charge in [0.05, 0.1) is 0 Å². The lowest BCUT2D eigenvalue weighted by Gasteiger charge is -2.45. The summed E-state index contributed by atoms with van der Waals surface area (Å²) >= 11 is 0. The number of rotatable bonds is 1. The first-order valence-electron chi connectivity index (χ1n) is 6.10. The number of likely N-dealkylation sites (tertiary alicyclic amines) is 1. The summed E-state index contributed by atoms with van der Waals surface area (Å²) in [7, 11) is 4.36. The Kier molecular flexibility index (Phi) is 3.13. The van der Waals surface area contributed by atoms with Gasteiger partial charge in [-0.3, -0.25) is 0 Å². The van der Waals surface area contributed by atoms with E-state index in [1.165, 1.54) is 51.6 Å². The Hall–Kier alpha value is -0.0800. The van der Waals surface area contributed by atoms with Gasteiger partial charge in [0.15, 0.2) is 0 Å². The molecule has 1 spiro atoms. The summed E-state index contributed by atoms with van der Waals surface area (Å²) in [4.78, 5) is 2.48. The number of piperidine rings is 1. The van der Waals surface area contributed by atoms with E-state index in [1.807, 2.05) is 0 Å². The summed E-state index contributed by atoms with van der Waals surface area (Å²) in [5, 5.41) is 3.42. The fraction of sp³-hybridized carbons (Fsp3) is 1.00. The van der Waals surface area contributed by atoms with Crippen molar-refractivity contribution < 1.29 is 0 Å². The SMILES string of the molecule is CNC1CCC2(CC1)CCN(C)CC2. The third kappa shape index (κ3) is 2.12. The van der Waals surface area contributed by atoms with E-state index in [0.29, 0.717) is 0 Å². The predicted octanol–water partition coefficient (Wildman–Crippen LogP) is 1.86. The molecule has 2 heteroatoms. The molecular formula is C12H24N2. The van der Waals surface area contributed by atoms with Gasteiger partial charge in [-0.25, -0.2) is 0 Å². The summed E-state index contributed by atoms with van der Waals surface area (Å²) in [6.07, 6.45) is 8.62. The van der Waals surface area contributed by atoms with Crippen molar-refractivity contribution in [1.82, 2.24) is 10.2 Å². The van der Waals surface area contributed by atoms with Crippen molar-refractivity contribution in [2.24, 2.45) is 5.41 Å². The van der Waals surface area contributed by atoms with Crippen molar-refractivity contribution in [3.63, 3.8) is 0 Å². The molecule has 0 unspecified atom stereocenters. The molecule has 2 rings (SSSR count). The lowest BCUT2D eigenvalue weighted by Crippen LogP contribution is -2.42. The second-order valence-electron chi connectivity index (χ2n) is 5.37. The molecule has 1 saturated carbocycles. The van der Waals surface area contributed by atoms with Crippen LogP contribution in [0.2, 0.25) is 0 Å². The molecule has 0 aromatic rings. The maximum absolute atomic E-state index is 3.42. The van der Waals surface area contributed by atoms with Crippen molar-refractivity contribution in [3.05, 3.63) is 0 Å². The van der Waals surface area contributed by atoms with Crippen LogP contribution in [0.1, 0.15) is 38.5 Å². The smallest absolute Gasteiger partial charge is 0.00644 e. The largest absolute Gasteiger partial charge is 0.317 e. The van der Waals surface area contributed by atoms with E-state index in [4.69, 9.17) is 0 Å². The van der Waals surface area contributed by atoms with E-state index in [1.54, 1.807) is 0 Å². The summed E-state index contributed by atoms with van der Waals surface area (Å²) in [5.41, 5.74) is 0.736. The van der Waals surface area contributed by atoms with Crippen LogP contribution in [-0.2, 0) is 0 Å². The number of hydrogen-bond donors (Lipinski definition) is 1. The van der Waals surface area contributed by atoms with Crippen LogP contribution < -0.4 is 5.32 Å². The normalized spacial score (nSPS) is 29.6. The van der Waals surface area contributed by atoms with Crippen molar-refractivity contribution in [3.8, 4) is 0 Å². The van der Waals surface area contributed by atoms with Crippen molar-refractivity contribution >= 4 is 0 Å². The molecule has 0 radical (unpaired) electrons. The molecule has 82 valence electrons. The van der Waals surface area contributed by atoms with Gasteiger partial charge in [0, 0.05) is 6.04 Å². The zero-order valence-electron chi connectivity index (χ0n) is 9.68. The molecule has 0 amide bonds. The number of nitrogens with zero attached hydrogens (tertiary/aromatic N) is 1. The first-order valence-corrected chi connectivity index (χ1v) is 6.10. The average molecular weight is 196 g/mol. The number of hydrogen-bond acceptors (Lipinski definition) is 2. The molecule has 2 nitrogen and oxygen atoms in total. The standard InChI is InChI=1S/C12H24N2/c1-13-11-3-5-12(6-4-11)7-9-14(2)10-8-12/h11,13H,3-10H2,1-2H3. The van der Waals surface area contributed by atoms with Gasteiger partial charge in [0.2, 0.25) is 0 Å². The molecular weight excluding hydrogens is 172 g/mol. The van der Waals surface area contributed by atoms with E-state index in [9.17, 15) is 0 Å². The zero-order chi connectivity index (χ0) is 10.0. The zero-order valence-corrected chi connectivity index (χ0v) is 9.68. The minimum atomic E-state index is 0.736. The van der Waals surface area contributed by atoms with Crippen molar-refractivity contribution in [2.45, 2.75) is 44.6 Å². The van der Waals surface area contributed by atoms with Gasteiger partial charge in [0.25, 0.3) is 0 Å². The molecule has 0 aromatic heterocycles. The van der Waals surface area contributed by atoms with E-state index in [0.717, 1.165) is 11.5 Å². The number of nitrogens with one attached hydrogen (secondary N) is 1. The Morgan fingerprint density at radius 2 is 1.64 bits per heavy atom. The third-order valence-corrected chi connectivity index (χ3v) is 4.50. The Labute approximate surface area is 88.1 Å². The quantitative estimate of drug-likeness (QED) is 0.688. The Bertz CT molecular complexity index is 173. The van der Waals surface area contributed by atoms with Crippen molar-refractivity contribution in [2.75, 3.05) is 27.2 Å². The van der Waals surface area contributed by atoms with Gasteiger partial charge in [0.1, 0.15) is 0 Å². The lowest BCUT2D eigenvalue weighted by atomic mass is 9.67. The lowest BCUT2D eigenvalue weighted by molar-refractivity contribution is 0.0710. The molecule has 0 aromatic carbocycles. The van der Waals surface area contributed by atoms with Crippen molar-refractivity contribution in [1.29, 1.82) is 0 Å². The molecule has 1 heterocycles. The van der Waals surface area contributed by atoms with Crippen LogP contribution in [0.15, 0.2) is 0 Å².